The molecule has 1 fully saturated rings. The molecule has 0 aromatic carbocycles. The van der Waals surface area contributed by atoms with E-state index < -0.39 is 11.9 Å². The summed E-state index contributed by atoms with van der Waals surface area (Å²) in [6.45, 7) is 5.19. The number of nitrogens with one attached hydrogen (secondary N) is 2. The van der Waals surface area contributed by atoms with Gasteiger partial charge >= 0.3 is 12.0 Å². The molecular weight excluding hydrogens is 262 g/mol. The monoisotopic (exact) mass is 285 g/mol. The van der Waals surface area contributed by atoms with Gasteiger partial charge in [0.25, 0.3) is 0 Å². The van der Waals surface area contributed by atoms with Crippen LogP contribution in [0.2, 0.25) is 0 Å². The number of hydrogen-bond donors (Lipinski definition) is 3. The van der Waals surface area contributed by atoms with E-state index in [2.05, 4.69) is 10.6 Å². The van der Waals surface area contributed by atoms with Crippen molar-refractivity contribution in [2.75, 3.05) is 26.2 Å². The number of rotatable bonds is 5. The van der Waals surface area contributed by atoms with Crippen LogP contribution in [0.3, 0.4) is 0 Å². The molecule has 3 N–H and O–H groups in total. The van der Waals surface area contributed by atoms with Gasteiger partial charge in [-0.1, -0.05) is 13.8 Å². The van der Waals surface area contributed by atoms with Crippen LogP contribution < -0.4 is 10.6 Å². The van der Waals surface area contributed by atoms with E-state index in [1.807, 2.05) is 13.8 Å². The molecule has 0 spiro atoms. The first-order valence-electron chi connectivity index (χ1n) is 6.92. The number of urea groups is 1. The van der Waals surface area contributed by atoms with Gasteiger partial charge in [0.1, 0.15) is 0 Å². The van der Waals surface area contributed by atoms with Gasteiger partial charge in [0, 0.05) is 19.6 Å². The Bertz CT molecular complexity index is 371. The van der Waals surface area contributed by atoms with Crippen LogP contribution in [0.5, 0.6) is 0 Å². The SMILES string of the molecule is CC(C)CNC(=O)CNC(=O)N1CCC[C@@H](C(=O)O)C1. The zero-order valence-corrected chi connectivity index (χ0v) is 12.0. The lowest BCUT2D eigenvalue weighted by Crippen LogP contribution is -2.49. The van der Waals surface area contributed by atoms with E-state index in [-0.39, 0.29) is 25.0 Å². The van der Waals surface area contributed by atoms with Crippen LogP contribution in [0.15, 0.2) is 0 Å². The minimum atomic E-state index is -0.878. The molecule has 0 aromatic heterocycles. The lowest BCUT2D eigenvalue weighted by atomic mass is 9.99. The Labute approximate surface area is 118 Å². The lowest BCUT2D eigenvalue weighted by molar-refractivity contribution is -0.143. The Balaban J connectivity index is 2.31. The molecule has 1 aliphatic heterocycles. The summed E-state index contributed by atoms with van der Waals surface area (Å²) in [5.41, 5.74) is 0. The Morgan fingerprint density at radius 1 is 1.30 bits per heavy atom. The fourth-order valence-corrected chi connectivity index (χ4v) is 2.01. The van der Waals surface area contributed by atoms with E-state index in [0.717, 1.165) is 0 Å². The smallest absolute Gasteiger partial charge is 0.317 e. The van der Waals surface area contributed by atoms with Crippen molar-refractivity contribution >= 4 is 17.9 Å². The zero-order valence-electron chi connectivity index (χ0n) is 12.0. The normalized spacial score (nSPS) is 18.8. The molecule has 1 aliphatic rings. The maximum absolute atomic E-state index is 11.9. The predicted octanol–water partition coefficient (Wildman–Crippen LogP) is 0.265. The van der Waals surface area contributed by atoms with E-state index in [9.17, 15) is 14.4 Å². The summed E-state index contributed by atoms with van der Waals surface area (Å²) in [5.74, 6) is -1.27. The lowest BCUT2D eigenvalue weighted by Gasteiger charge is -2.30. The third kappa shape index (κ3) is 5.46. The number of amides is 3. The van der Waals surface area contributed by atoms with Crippen molar-refractivity contribution in [2.24, 2.45) is 11.8 Å². The topological polar surface area (TPSA) is 98.7 Å². The van der Waals surface area contributed by atoms with Crippen LogP contribution in [-0.2, 0) is 9.59 Å². The number of carbonyl (C=O) groups is 3. The highest BCUT2D eigenvalue weighted by molar-refractivity contribution is 5.84. The first-order valence-corrected chi connectivity index (χ1v) is 6.92. The number of hydrogen-bond acceptors (Lipinski definition) is 3. The van der Waals surface area contributed by atoms with Crippen molar-refractivity contribution in [1.82, 2.24) is 15.5 Å². The third-order valence-electron chi connectivity index (χ3n) is 3.17. The minimum Gasteiger partial charge on any atom is -0.481 e. The number of piperidine rings is 1. The predicted molar refractivity (Wildman–Crippen MR) is 73.2 cm³/mol. The van der Waals surface area contributed by atoms with Gasteiger partial charge in [-0.25, -0.2) is 4.79 Å². The molecule has 1 saturated heterocycles. The number of likely N-dealkylation sites (tertiary alicyclic amines) is 1. The molecule has 20 heavy (non-hydrogen) atoms. The summed E-state index contributed by atoms with van der Waals surface area (Å²) in [7, 11) is 0. The Morgan fingerprint density at radius 2 is 2.00 bits per heavy atom. The number of carbonyl (C=O) groups excluding carboxylic acids is 2. The van der Waals surface area contributed by atoms with Crippen molar-refractivity contribution in [3.63, 3.8) is 0 Å². The highest BCUT2D eigenvalue weighted by Crippen LogP contribution is 2.16. The van der Waals surface area contributed by atoms with Gasteiger partial charge in [-0.05, 0) is 18.8 Å². The molecule has 1 rings (SSSR count). The van der Waals surface area contributed by atoms with Gasteiger partial charge in [0.15, 0.2) is 0 Å². The molecule has 0 aliphatic carbocycles. The molecule has 0 radical (unpaired) electrons. The molecule has 1 atom stereocenters. The molecule has 7 nitrogen and oxygen atoms in total. The van der Waals surface area contributed by atoms with E-state index in [0.29, 0.717) is 31.8 Å². The van der Waals surface area contributed by atoms with E-state index in [1.165, 1.54) is 4.90 Å². The summed E-state index contributed by atoms with van der Waals surface area (Å²) in [6, 6.07) is -0.379. The molecule has 0 bridgehead atoms. The van der Waals surface area contributed by atoms with Gasteiger partial charge in [-0.2, -0.15) is 0 Å². The Kier molecular flexibility index (Phi) is 6.27. The van der Waals surface area contributed by atoms with E-state index >= 15 is 0 Å². The maximum Gasteiger partial charge on any atom is 0.317 e. The summed E-state index contributed by atoms with van der Waals surface area (Å²) < 4.78 is 0. The molecule has 114 valence electrons. The van der Waals surface area contributed by atoms with Gasteiger partial charge in [-0.15, -0.1) is 0 Å². The van der Waals surface area contributed by atoms with Crippen LogP contribution in [0, 0.1) is 11.8 Å². The third-order valence-corrected chi connectivity index (χ3v) is 3.17. The maximum atomic E-state index is 11.9. The summed E-state index contributed by atoms with van der Waals surface area (Å²) in [5, 5.41) is 14.2. The number of aliphatic carboxylic acids is 1. The average Bonchev–Trinajstić information content (AvgIpc) is 2.42. The van der Waals surface area contributed by atoms with Crippen molar-refractivity contribution in [1.29, 1.82) is 0 Å². The van der Waals surface area contributed by atoms with Crippen LogP contribution in [-0.4, -0.2) is 54.1 Å². The molecule has 7 heteroatoms. The minimum absolute atomic E-state index is 0.0835. The van der Waals surface area contributed by atoms with Crippen molar-refractivity contribution in [3.8, 4) is 0 Å². The second-order valence-electron chi connectivity index (χ2n) is 5.48. The van der Waals surface area contributed by atoms with E-state index in [1.54, 1.807) is 0 Å². The van der Waals surface area contributed by atoms with Gasteiger partial charge in [-0.3, -0.25) is 9.59 Å². The molecule has 0 aromatic rings. The molecule has 0 unspecified atom stereocenters. The van der Waals surface area contributed by atoms with Crippen LogP contribution in [0.4, 0.5) is 4.79 Å². The van der Waals surface area contributed by atoms with Crippen molar-refractivity contribution < 1.29 is 19.5 Å². The van der Waals surface area contributed by atoms with Gasteiger partial charge < -0.3 is 20.6 Å². The molecular formula is C13H23N3O4. The summed E-state index contributed by atoms with van der Waals surface area (Å²) in [6.07, 6.45) is 1.26. The number of carboxylic acid groups (broad SMARTS) is 1. The van der Waals surface area contributed by atoms with Gasteiger partial charge in [0.2, 0.25) is 5.91 Å². The Hall–Kier alpha value is -1.79. The Morgan fingerprint density at radius 3 is 2.60 bits per heavy atom. The fraction of sp³-hybridized carbons (Fsp3) is 0.769. The average molecular weight is 285 g/mol. The largest absolute Gasteiger partial charge is 0.481 e. The summed E-state index contributed by atoms with van der Waals surface area (Å²) in [4.78, 5) is 35.7. The standard InChI is InChI=1S/C13H23N3O4/c1-9(2)6-14-11(17)7-15-13(20)16-5-3-4-10(8-16)12(18)19/h9-10H,3-8H2,1-2H3,(H,14,17)(H,15,20)(H,18,19)/t10-/m1/s1. The quantitative estimate of drug-likeness (QED) is 0.675. The second kappa shape index (κ2) is 7.72. The number of nitrogens with zero attached hydrogens (tertiary/aromatic N) is 1. The molecule has 0 saturated carbocycles. The highest BCUT2D eigenvalue weighted by atomic mass is 16.4. The summed E-state index contributed by atoms with van der Waals surface area (Å²) >= 11 is 0. The van der Waals surface area contributed by atoms with E-state index in [4.69, 9.17) is 5.11 Å². The van der Waals surface area contributed by atoms with Gasteiger partial charge in [0.05, 0.1) is 12.5 Å². The van der Waals surface area contributed by atoms with Crippen LogP contribution >= 0.6 is 0 Å². The van der Waals surface area contributed by atoms with Crippen LogP contribution in [0.1, 0.15) is 26.7 Å². The highest BCUT2D eigenvalue weighted by Gasteiger charge is 2.28. The second-order valence-corrected chi connectivity index (χ2v) is 5.48. The van der Waals surface area contributed by atoms with Crippen molar-refractivity contribution in [3.05, 3.63) is 0 Å². The van der Waals surface area contributed by atoms with Crippen molar-refractivity contribution in [2.45, 2.75) is 26.7 Å². The molecule has 3 amide bonds. The fourth-order valence-electron chi connectivity index (χ4n) is 2.01. The molecule has 1 heterocycles. The zero-order chi connectivity index (χ0) is 15.1. The van der Waals surface area contributed by atoms with Crippen LogP contribution in [0.25, 0.3) is 0 Å². The first kappa shape index (κ1) is 16.3. The first-order chi connectivity index (χ1) is 9.40. The number of carboxylic acids is 1.